The third-order valence-electron chi connectivity index (χ3n) is 5.88. The number of hydrogen-bond donors (Lipinski definition) is 1. The van der Waals surface area contributed by atoms with Gasteiger partial charge in [0.2, 0.25) is 0 Å². The van der Waals surface area contributed by atoms with Crippen LogP contribution in [0.15, 0.2) is 68.0 Å². The van der Waals surface area contributed by atoms with Crippen LogP contribution in [-0.2, 0) is 14.3 Å². The van der Waals surface area contributed by atoms with Gasteiger partial charge in [-0.2, -0.15) is 0 Å². The minimum atomic E-state index is -0.831. The maximum absolute atomic E-state index is 13.9. The maximum Gasteiger partial charge on any atom is 0.338 e. The highest BCUT2D eigenvalue weighted by Crippen LogP contribution is 2.36. The lowest BCUT2D eigenvalue weighted by Crippen LogP contribution is -2.40. The summed E-state index contributed by atoms with van der Waals surface area (Å²) in [6.07, 6.45) is 0. The number of amides is 1. The number of esters is 1. The number of thiazole rings is 1. The van der Waals surface area contributed by atoms with Crippen LogP contribution < -0.4 is 24.9 Å². The molecule has 1 aromatic heterocycles. The number of benzene rings is 2. The van der Waals surface area contributed by atoms with Crippen molar-refractivity contribution in [1.82, 2.24) is 4.57 Å². The van der Waals surface area contributed by atoms with Crippen LogP contribution in [0.4, 0.5) is 5.69 Å². The van der Waals surface area contributed by atoms with E-state index in [1.54, 1.807) is 38.1 Å². The Morgan fingerprint density at radius 2 is 2.00 bits per heavy atom. The molecule has 0 saturated carbocycles. The van der Waals surface area contributed by atoms with Crippen molar-refractivity contribution in [3.05, 3.63) is 89.0 Å². The number of fused-ring (bicyclic) bond motifs is 2. The standard InChI is InChI=1S/C25H20BrN3O5S/c1-4-34-24(32)18-12(2)27-25-29(20(18)14-7-5-6-8-17(14)33-3)23(31)21(35-25)19-15-11-13(26)9-10-16(15)28-22(19)30/h5-11,20H,4H2,1-3H3,(H,28,30)/b21-19-/t20-/m1/s1. The lowest BCUT2D eigenvalue weighted by atomic mass is 9.95. The van der Waals surface area contributed by atoms with Crippen LogP contribution in [0, 0.1) is 0 Å². The topological polar surface area (TPSA) is 99.0 Å². The number of nitrogens with zero attached hydrogens (tertiary/aromatic N) is 2. The molecule has 1 amide bonds. The molecule has 1 atom stereocenters. The SMILES string of the molecule is CCOC(=O)C1=C(C)N=c2s/c(=C3\C(=O)Nc4ccc(Br)cc43)c(=O)n2[C@@H]1c1ccccc1OC. The number of para-hydroxylation sites is 1. The van der Waals surface area contributed by atoms with Gasteiger partial charge in [0.05, 0.1) is 30.6 Å². The molecule has 1 N–H and O–H groups in total. The molecule has 0 radical (unpaired) electrons. The molecule has 2 aliphatic heterocycles. The number of ether oxygens (including phenoxy) is 2. The molecule has 2 aromatic carbocycles. The number of carbonyl (C=O) groups is 2. The molecule has 5 rings (SSSR count). The van der Waals surface area contributed by atoms with Crippen molar-refractivity contribution >= 4 is 50.4 Å². The third-order valence-corrected chi connectivity index (χ3v) is 7.43. The third kappa shape index (κ3) is 3.73. The number of anilines is 1. The Kier molecular flexibility index (Phi) is 5.94. The number of allylic oxidation sites excluding steroid dienone is 1. The molecule has 0 bridgehead atoms. The fraction of sp³-hybridized carbons (Fsp3) is 0.200. The van der Waals surface area contributed by atoms with Crippen LogP contribution in [0.25, 0.3) is 5.57 Å². The first-order chi connectivity index (χ1) is 16.8. The number of nitrogens with one attached hydrogen (secondary N) is 1. The molecule has 8 nitrogen and oxygen atoms in total. The molecular weight excluding hydrogens is 534 g/mol. The van der Waals surface area contributed by atoms with E-state index in [9.17, 15) is 14.4 Å². The summed E-state index contributed by atoms with van der Waals surface area (Å²) in [6.45, 7) is 3.61. The number of aromatic nitrogens is 1. The summed E-state index contributed by atoms with van der Waals surface area (Å²) in [4.78, 5) is 44.9. The predicted molar refractivity (Wildman–Crippen MR) is 135 cm³/mol. The van der Waals surface area contributed by atoms with Crippen molar-refractivity contribution < 1.29 is 19.1 Å². The quantitative estimate of drug-likeness (QED) is 0.501. The molecule has 0 unspecified atom stereocenters. The van der Waals surface area contributed by atoms with Gasteiger partial charge in [-0.3, -0.25) is 14.2 Å². The molecule has 0 fully saturated rings. The Balaban J connectivity index is 1.85. The largest absolute Gasteiger partial charge is 0.496 e. The first kappa shape index (κ1) is 23.3. The second-order valence-electron chi connectivity index (χ2n) is 7.88. The highest BCUT2D eigenvalue weighted by Gasteiger charge is 2.36. The fourth-order valence-electron chi connectivity index (χ4n) is 4.39. The number of carbonyl (C=O) groups excluding carboxylic acids is 2. The molecule has 3 aromatic rings. The predicted octanol–water partition coefficient (Wildman–Crippen LogP) is 2.89. The maximum atomic E-state index is 13.9. The second kappa shape index (κ2) is 8.94. The Labute approximate surface area is 212 Å². The molecule has 35 heavy (non-hydrogen) atoms. The van der Waals surface area contributed by atoms with Gasteiger partial charge >= 0.3 is 5.97 Å². The molecule has 3 heterocycles. The van der Waals surface area contributed by atoms with Gasteiger partial charge in [0.25, 0.3) is 11.5 Å². The van der Waals surface area contributed by atoms with E-state index < -0.39 is 17.6 Å². The number of methoxy groups -OCH3 is 1. The zero-order valence-electron chi connectivity index (χ0n) is 19.0. The minimum absolute atomic E-state index is 0.175. The van der Waals surface area contributed by atoms with Crippen molar-refractivity contribution in [2.75, 3.05) is 19.0 Å². The summed E-state index contributed by atoms with van der Waals surface area (Å²) >= 11 is 4.56. The molecule has 2 aliphatic rings. The van der Waals surface area contributed by atoms with Crippen LogP contribution in [0.5, 0.6) is 5.75 Å². The summed E-state index contributed by atoms with van der Waals surface area (Å²) in [5, 5.41) is 2.82. The van der Waals surface area contributed by atoms with Crippen molar-refractivity contribution in [2.24, 2.45) is 4.99 Å². The van der Waals surface area contributed by atoms with E-state index >= 15 is 0 Å². The lowest BCUT2D eigenvalue weighted by molar-refractivity contribution is -0.139. The van der Waals surface area contributed by atoms with Crippen LogP contribution in [-0.4, -0.2) is 30.2 Å². The van der Waals surface area contributed by atoms with E-state index in [4.69, 9.17) is 9.47 Å². The summed E-state index contributed by atoms with van der Waals surface area (Å²) < 4.78 is 13.4. The zero-order chi connectivity index (χ0) is 24.9. The van der Waals surface area contributed by atoms with E-state index in [-0.39, 0.29) is 28.2 Å². The minimum Gasteiger partial charge on any atom is -0.496 e. The number of rotatable bonds is 4. The van der Waals surface area contributed by atoms with E-state index in [2.05, 4.69) is 26.2 Å². The smallest absolute Gasteiger partial charge is 0.338 e. The average Bonchev–Trinajstić information content (AvgIpc) is 3.32. The Morgan fingerprint density at radius 1 is 1.23 bits per heavy atom. The Morgan fingerprint density at radius 3 is 2.74 bits per heavy atom. The second-order valence-corrected chi connectivity index (χ2v) is 9.78. The number of halogens is 1. The van der Waals surface area contributed by atoms with Crippen molar-refractivity contribution in [2.45, 2.75) is 19.9 Å². The van der Waals surface area contributed by atoms with Gasteiger partial charge in [-0.1, -0.05) is 45.5 Å². The van der Waals surface area contributed by atoms with E-state index in [1.807, 2.05) is 18.2 Å². The Bertz CT molecular complexity index is 1620. The van der Waals surface area contributed by atoms with Gasteiger partial charge < -0.3 is 14.8 Å². The number of hydrogen-bond acceptors (Lipinski definition) is 7. The van der Waals surface area contributed by atoms with Crippen LogP contribution in [0.3, 0.4) is 0 Å². The molecule has 178 valence electrons. The zero-order valence-corrected chi connectivity index (χ0v) is 21.5. The van der Waals surface area contributed by atoms with Crippen LogP contribution in [0.2, 0.25) is 0 Å². The average molecular weight is 554 g/mol. The first-order valence-electron chi connectivity index (χ1n) is 10.8. The van der Waals surface area contributed by atoms with E-state index in [1.165, 1.54) is 11.7 Å². The molecular formula is C25H20BrN3O5S. The van der Waals surface area contributed by atoms with Crippen molar-refractivity contribution in [1.29, 1.82) is 0 Å². The lowest BCUT2D eigenvalue weighted by Gasteiger charge is -2.25. The first-order valence-corrected chi connectivity index (χ1v) is 12.4. The van der Waals surface area contributed by atoms with E-state index in [0.29, 0.717) is 33.1 Å². The summed E-state index contributed by atoms with van der Waals surface area (Å²) in [6, 6.07) is 11.8. The van der Waals surface area contributed by atoms with Gasteiger partial charge in [-0.15, -0.1) is 0 Å². The molecule has 0 spiro atoms. The normalized spacial score (nSPS) is 17.9. The van der Waals surface area contributed by atoms with Gasteiger partial charge in [-0.25, -0.2) is 9.79 Å². The fourth-order valence-corrected chi connectivity index (χ4v) is 5.90. The van der Waals surface area contributed by atoms with Gasteiger partial charge in [0, 0.05) is 21.3 Å². The van der Waals surface area contributed by atoms with Gasteiger partial charge in [0.15, 0.2) is 4.80 Å². The van der Waals surface area contributed by atoms with Gasteiger partial charge in [-0.05, 0) is 38.1 Å². The summed E-state index contributed by atoms with van der Waals surface area (Å²) in [7, 11) is 1.53. The van der Waals surface area contributed by atoms with Crippen LogP contribution in [0.1, 0.15) is 31.0 Å². The molecule has 10 heteroatoms. The summed E-state index contributed by atoms with van der Waals surface area (Å²) in [5.41, 5.74) is 2.42. The molecule has 0 saturated heterocycles. The van der Waals surface area contributed by atoms with E-state index in [0.717, 1.165) is 15.8 Å². The highest BCUT2D eigenvalue weighted by atomic mass is 79.9. The highest BCUT2D eigenvalue weighted by molar-refractivity contribution is 9.10. The van der Waals surface area contributed by atoms with Crippen molar-refractivity contribution in [3.8, 4) is 5.75 Å². The Hall–Kier alpha value is -3.50. The monoisotopic (exact) mass is 553 g/mol. The summed E-state index contributed by atoms with van der Waals surface area (Å²) in [5.74, 6) is -0.408. The molecule has 0 aliphatic carbocycles. The van der Waals surface area contributed by atoms with Crippen molar-refractivity contribution in [3.63, 3.8) is 0 Å². The van der Waals surface area contributed by atoms with Crippen LogP contribution >= 0.6 is 27.3 Å². The van der Waals surface area contributed by atoms with Gasteiger partial charge in [0.1, 0.15) is 16.3 Å².